The number of aromatic nitrogens is 3. The van der Waals surface area contributed by atoms with Crippen molar-refractivity contribution < 1.29 is 8.94 Å². The molecule has 25 heavy (non-hydrogen) atoms. The molecule has 2 fully saturated rings. The normalized spacial score (nSPS) is 21.4. The van der Waals surface area contributed by atoms with Crippen molar-refractivity contribution in [3.05, 3.63) is 46.5 Å². The molecule has 1 aliphatic heterocycles. The summed E-state index contributed by atoms with van der Waals surface area (Å²) in [4.78, 5) is 19.1. The molecule has 1 saturated carbocycles. The maximum absolute atomic E-state index is 12.1. The quantitative estimate of drug-likeness (QED) is 0.711. The average molecular weight is 340 g/mol. The number of likely N-dealkylation sites (tertiary alicyclic amines) is 1. The molecule has 0 amide bonds. The molecule has 1 aliphatic carbocycles. The monoisotopic (exact) mass is 340 g/mol. The van der Waals surface area contributed by atoms with Gasteiger partial charge in [0, 0.05) is 19.0 Å². The second-order valence-electron chi connectivity index (χ2n) is 6.95. The third-order valence-electron chi connectivity index (χ3n) is 5.23. The van der Waals surface area contributed by atoms with Crippen molar-refractivity contribution in [1.29, 1.82) is 0 Å². The van der Waals surface area contributed by atoms with Gasteiger partial charge in [-0.3, -0.25) is 9.47 Å². The van der Waals surface area contributed by atoms with E-state index in [9.17, 15) is 4.79 Å². The van der Waals surface area contributed by atoms with Crippen LogP contribution in [0.5, 0.6) is 0 Å². The minimum atomic E-state index is -0.299. The van der Waals surface area contributed by atoms with Gasteiger partial charge >= 0.3 is 5.76 Å². The summed E-state index contributed by atoms with van der Waals surface area (Å²) in [5, 5.41) is 4.21. The number of rotatable bonds is 5. The number of benzene rings is 1. The molecular weight excluding hydrogens is 320 g/mol. The highest BCUT2D eigenvalue weighted by Gasteiger charge is 2.34. The predicted molar refractivity (Wildman–Crippen MR) is 90.3 cm³/mol. The van der Waals surface area contributed by atoms with Crippen LogP contribution in [0.3, 0.4) is 0 Å². The number of para-hydroxylation sites is 2. The molecule has 2 aliphatic rings. The van der Waals surface area contributed by atoms with Gasteiger partial charge in [0.05, 0.1) is 11.6 Å². The van der Waals surface area contributed by atoms with E-state index in [1.165, 1.54) is 0 Å². The molecule has 0 spiro atoms. The van der Waals surface area contributed by atoms with Crippen molar-refractivity contribution in [1.82, 2.24) is 19.6 Å². The maximum Gasteiger partial charge on any atom is 0.419 e. The van der Waals surface area contributed by atoms with E-state index in [2.05, 4.69) is 15.0 Å². The molecule has 0 radical (unpaired) electrons. The van der Waals surface area contributed by atoms with Gasteiger partial charge < -0.3 is 8.94 Å². The number of oxazole rings is 1. The van der Waals surface area contributed by atoms with Gasteiger partial charge in [0.15, 0.2) is 11.4 Å². The first-order valence-corrected chi connectivity index (χ1v) is 8.95. The van der Waals surface area contributed by atoms with E-state index >= 15 is 0 Å². The summed E-state index contributed by atoms with van der Waals surface area (Å²) in [5.74, 6) is 1.77. The first-order chi connectivity index (χ1) is 12.3. The lowest BCUT2D eigenvalue weighted by molar-refractivity contribution is 0.232. The molecule has 130 valence electrons. The summed E-state index contributed by atoms with van der Waals surface area (Å²) in [6.07, 6.45) is 4.46. The van der Waals surface area contributed by atoms with Gasteiger partial charge in [-0.05, 0) is 44.4 Å². The third-order valence-corrected chi connectivity index (χ3v) is 5.23. The number of hydrogen-bond donors (Lipinski definition) is 0. The Morgan fingerprint density at radius 3 is 2.92 bits per heavy atom. The van der Waals surface area contributed by atoms with E-state index in [0.29, 0.717) is 18.0 Å². The zero-order valence-electron chi connectivity index (χ0n) is 13.9. The van der Waals surface area contributed by atoms with E-state index in [1.807, 2.05) is 24.3 Å². The largest absolute Gasteiger partial charge is 0.419 e. The summed E-state index contributed by atoms with van der Waals surface area (Å²) >= 11 is 0. The Kier molecular flexibility index (Phi) is 3.48. The average Bonchev–Trinajstić information content (AvgIpc) is 3.05. The van der Waals surface area contributed by atoms with Crippen LogP contribution in [0.2, 0.25) is 0 Å². The van der Waals surface area contributed by atoms with E-state index in [-0.39, 0.29) is 11.8 Å². The minimum absolute atomic E-state index is 0.185. The summed E-state index contributed by atoms with van der Waals surface area (Å²) in [6, 6.07) is 7.73. The molecule has 3 heterocycles. The first kappa shape index (κ1) is 14.9. The van der Waals surface area contributed by atoms with Crippen molar-refractivity contribution in [2.24, 2.45) is 0 Å². The summed E-state index contributed by atoms with van der Waals surface area (Å²) in [6.45, 7) is 2.35. The Balaban J connectivity index is 1.34. The van der Waals surface area contributed by atoms with E-state index < -0.39 is 0 Å². The molecule has 5 rings (SSSR count). The Bertz CT molecular complexity index is 953. The standard InChI is InChI=1S/C18H20N4O3/c23-18-22(13-4-1-2-6-15(13)24-18)11-10-21-9-3-5-14(21)16-19-17(25-20-16)12-7-8-12/h1-2,4,6,12,14H,3,5,7-11H2/t14-/m0/s1. The van der Waals surface area contributed by atoms with Gasteiger partial charge in [-0.25, -0.2) is 4.79 Å². The maximum atomic E-state index is 12.1. The van der Waals surface area contributed by atoms with Crippen LogP contribution in [0, 0.1) is 0 Å². The van der Waals surface area contributed by atoms with Crippen LogP contribution in [0.15, 0.2) is 38.0 Å². The summed E-state index contributed by atoms with van der Waals surface area (Å²) in [7, 11) is 0. The van der Waals surface area contributed by atoms with Gasteiger partial charge in [0.1, 0.15) is 0 Å². The summed E-state index contributed by atoms with van der Waals surface area (Å²) < 4.78 is 12.4. The lowest BCUT2D eigenvalue weighted by Crippen LogP contribution is -2.30. The van der Waals surface area contributed by atoms with Crippen LogP contribution >= 0.6 is 0 Å². The van der Waals surface area contributed by atoms with Gasteiger partial charge in [-0.15, -0.1) is 0 Å². The third kappa shape index (κ3) is 2.68. The number of nitrogens with zero attached hydrogens (tertiary/aromatic N) is 4. The molecule has 1 aromatic carbocycles. The smallest absolute Gasteiger partial charge is 0.408 e. The predicted octanol–water partition coefficient (Wildman–Crippen LogP) is 2.69. The SMILES string of the molecule is O=c1oc2ccccc2n1CCN1CCC[C@H]1c1noc(C2CC2)n1. The van der Waals surface area contributed by atoms with Gasteiger partial charge in [0.25, 0.3) is 0 Å². The van der Waals surface area contributed by atoms with Crippen LogP contribution in [0.4, 0.5) is 0 Å². The zero-order valence-corrected chi connectivity index (χ0v) is 13.9. The minimum Gasteiger partial charge on any atom is -0.408 e. The Morgan fingerprint density at radius 1 is 1.16 bits per heavy atom. The van der Waals surface area contributed by atoms with Crippen molar-refractivity contribution in [2.75, 3.05) is 13.1 Å². The molecule has 0 N–H and O–H groups in total. The van der Waals surface area contributed by atoms with E-state index in [1.54, 1.807) is 4.57 Å². The highest BCUT2D eigenvalue weighted by molar-refractivity contribution is 5.72. The highest BCUT2D eigenvalue weighted by Crippen LogP contribution is 2.40. The van der Waals surface area contributed by atoms with Gasteiger partial charge in [-0.1, -0.05) is 17.3 Å². The van der Waals surface area contributed by atoms with Crippen molar-refractivity contribution in [3.63, 3.8) is 0 Å². The lowest BCUT2D eigenvalue weighted by atomic mass is 10.2. The molecule has 2 aromatic heterocycles. The molecule has 1 atom stereocenters. The fourth-order valence-electron chi connectivity index (χ4n) is 3.72. The van der Waals surface area contributed by atoms with Crippen molar-refractivity contribution >= 4 is 11.1 Å². The van der Waals surface area contributed by atoms with Crippen LogP contribution in [-0.2, 0) is 6.54 Å². The molecule has 3 aromatic rings. The second kappa shape index (κ2) is 5.84. The Labute approximate surface area is 144 Å². The van der Waals surface area contributed by atoms with Crippen molar-refractivity contribution in [2.45, 2.75) is 44.2 Å². The van der Waals surface area contributed by atoms with Crippen LogP contribution in [-0.4, -0.2) is 32.7 Å². The first-order valence-electron chi connectivity index (χ1n) is 8.95. The van der Waals surface area contributed by atoms with E-state index in [0.717, 1.165) is 56.0 Å². The van der Waals surface area contributed by atoms with Crippen LogP contribution < -0.4 is 5.76 Å². The fourth-order valence-corrected chi connectivity index (χ4v) is 3.72. The lowest BCUT2D eigenvalue weighted by Gasteiger charge is -2.21. The highest BCUT2D eigenvalue weighted by atomic mass is 16.5. The Morgan fingerprint density at radius 2 is 2.04 bits per heavy atom. The van der Waals surface area contributed by atoms with Crippen LogP contribution in [0.25, 0.3) is 11.1 Å². The van der Waals surface area contributed by atoms with Crippen molar-refractivity contribution in [3.8, 4) is 0 Å². The summed E-state index contributed by atoms with van der Waals surface area (Å²) in [5.41, 5.74) is 1.48. The Hall–Kier alpha value is -2.41. The second-order valence-corrected chi connectivity index (χ2v) is 6.95. The molecule has 0 unspecified atom stereocenters. The van der Waals surface area contributed by atoms with Gasteiger partial charge in [-0.2, -0.15) is 4.98 Å². The topological polar surface area (TPSA) is 77.3 Å². The van der Waals surface area contributed by atoms with Crippen LogP contribution in [0.1, 0.15) is 49.4 Å². The molecule has 0 bridgehead atoms. The molecule has 1 saturated heterocycles. The number of fused-ring (bicyclic) bond motifs is 1. The van der Waals surface area contributed by atoms with Gasteiger partial charge in [0.2, 0.25) is 5.89 Å². The molecule has 7 heteroatoms. The molecule has 7 nitrogen and oxygen atoms in total. The molecular formula is C18H20N4O3. The fraction of sp³-hybridized carbons (Fsp3) is 0.500. The van der Waals surface area contributed by atoms with E-state index in [4.69, 9.17) is 8.94 Å². The zero-order chi connectivity index (χ0) is 16.8. The number of hydrogen-bond acceptors (Lipinski definition) is 6.